The second-order valence-electron chi connectivity index (χ2n) is 5.21. The number of carbonyl (C=O) groups is 2. The highest BCUT2D eigenvalue weighted by Gasteiger charge is 2.25. The molecule has 8 heteroatoms. The first-order chi connectivity index (χ1) is 11.5. The van der Waals surface area contributed by atoms with Crippen LogP contribution >= 0.6 is 0 Å². The molecule has 0 fully saturated rings. The third kappa shape index (κ3) is 6.31. The van der Waals surface area contributed by atoms with Crippen molar-refractivity contribution in [1.29, 1.82) is 0 Å². The van der Waals surface area contributed by atoms with Crippen LogP contribution in [-0.4, -0.2) is 41.9 Å². The Morgan fingerprint density at radius 3 is 2.25 bits per heavy atom. The first-order valence-electron chi connectivity index (χ1n) is 8.04. The van der Waals surface area contributed by atoms with E-state index in [1.807, 2.05) is 13.8 Å². The molecule has 0 spiro atoms. The van der Waals surface area contributed by atoms with Crippen LogP contribution < -0.4 is 19.5 Å². The summed E-state index contributed by atoms with van der Waals surface area (Å²) in [6.07, 6.45) is 4.84. The van der Waals surface area contributed by atoms with Crippen LogP contribution in [0.1, 0.15) is 50.0 Å². The molecule has 0 aliphatic rings. The molecular formula is C16H25N2O6+. The van der Waals surface area contributed by atoms with E-state index in [0.29, 0.717) is 29.4 Å². The van der Waals surface area contributed by atoms with Gasteiger partial charge in [-0.15, -0.1) is 0 Å². The number of hydrogen-bond acceptors (Lipinski definition) is 5. The molecule has 0 saturated heterocycles. The van der Waals surface area contributed by atoms with Crippen LogP contribution in [0.15, 0.2) is 12.3 Å². The van der Waals surface area contributed by atoms with Crippen molar-refractivity contribution in [3.8, 4) is 11.5 Å². The number of nitrogens with zero attached hydrogens (tertiary/aromatic N) is 1. The molecule has 0 atom stereocenters. The summed E-state index contributed by atoms with van der Waals surface area (Å²) in [5, 5.41) is 20.8. The number of ether oxygens (including phenoxy) is 2. The van der Waals surface area contributed by atoms with Gasteiger partial charge in [0.15, 0.2) is 5.75 Å². The zero-order valence-electron chi connectivity index (χ0n) is 14.1. The third-order valence-electron chi connectivity index (χ3n) is 3.14. The highest BCUT2D eigenvalue weighted by atomic mass is 16.5. The van der Waals surface area contributed by atoms with Gasteiger partial charge in [-0.1, -0.05) is 26.7 Å². The first kappa shape index (κ1) is 19.5. The number of pyridine rings is 1. The molecule has 8 nitrogen and oxygen atoms in total. The van der Waals surface area contributed by atoms with Crippen molar-refractivity contribution in [1.82, 2.24) is 5.32 Å². The van der Waals surface area contributed by atoms with Crippen LogP contribution in [0.4, 0.5) is 0 Å². The van der Waals surface area contributed by atoms with Gasteiger partial charge in [-0.3, -0.25) is 14.8 Å². The lowest BCUT2D eigenvalue weighted by molar-refractivity contribution is -0.906. The van der Waals surface area contributed by atoms with Crippen molar-refractivity contribution in [2.24, 2.45) is 0 Å². The van der Waals surface area contributed by atoms with Gasteiger partial charge in [0.05, 0.1) is 19.3 Å². The summed E-state index contributed by atoms with van der Waals surface area (Å²) in [5.74, 6) is -1.23. The predicted octanol–water partition coefficient (Wildman–Crippen LogP) is 1.38. The van der Waals surface area contributed by atoms with E-state index in [2.05, 4.69) is 5.32 Å². The lowest BCUT2D eigenvalue weighted by atomic mass is 10.3. The highest BCUT2D eigenvalue weighted by molar-refractivity contribution is 5.93. The molecule has 1 aromatic rings. The van der Waals surface area contributed by atoms with Crippen molar-refractivity contribution in [3.63, 3.8) is 0 Å². The summed E-state index contributed by atoms with van der Waals surface area (Å²) in [5.41, 5.74) is -0.134. The normalized spacial score (nSPS) is 10.2. The number of amides is 1. The Morgan fingerprint density at radius 1 is 1.12 bits per heavy atom. The Balaban J connectivity index is 2.97. The van der Waals surface area contributed by atoms with Crippen molar-refractivity contribution in [3.05, 3.63) is 18.0 Å². The largest absolute Gasteiger partial charge is 0.489 e. The smallest absolute Gasteiger partial charge is 0.325 e. The standard InChI is InChI=1S/C16H24N2O6/c1-3-5-7-23-13-9-12(16(21)17-10-15(19)20)18(22)11-14(13)24-8-6-4-2/h9,11H,3-8,10H2,1-2H3,(H2-,17,19,20,21,22)/p+1. The molecule has 1 aromatic heterocycles. The quantitative estimate of drug-likeness (QED) is 0.319. The fraction of sp³-hybridized carbons (Fsp3) is 0.562. The Kier molecular flexibility index (Phi) is 8.38. The molecule has 0 saturated carbocycles. The number of carboxylic acid groups (broad SMARTS) is 1. The van der Waals surface area contributed by atoms with Crippen molar-refractivity contribution in [2.75, 3.05) is 19.8 Å². The van der Waals surface area contributed by atoms with E-state index < -0.39 is 18.4 Å². The molecule has 0 aliphatic carbocycles. The van der Waals surface area contributed by atoms with Gasteiger partial charge in [0.1, 0.15) is 6.54 Å². The van der Waals surface area contributed by atoms with E-state index in [9.17, 15) is 14.8 Å². The number of aliphatic carboxylic acids is 1. The minimum atomic E-state index is -1.17. The van der Waals surface area contributed by atoms with E-state index in [1.54, 1.807) is 0 Å². The Labute approximate surface area is 141 Å². The summed E-state index contributed by atoms with van der Waals surface area (Å²) < 4.78 is 11.8. The lowest BCUT2D eigenvalue weighted by Crippen LogP contribution is -2.43. The van der Waals surface area contributed by atoms with E-state index in [1.165, 1.54) is 12.3 Å². The van der Waals surface area contributed by atoms with E-state index in [0.717, 1.165) is 25.7 Å². The first-order valence-corrected chi connectivity index (χ1v) is 8.04. The lowest BCUT2D eigenvalue weighted by Gasteiger charge is -2.11. The van der Waals surface area contributed by atoms with Gasteiger partial charge < -0.3 is 19.9 Å². The van der Waals surface area contributed by atoms with E-state index in [4.69, 9.17) is 14.6 Å². The van der Waals surface area contributed by atoms with Gasteiger partial charge in [-0.25, -0.2) is 0 Å². The summed E-state index contributed by atoms with van der Waals surface area (Å²) >= 11 is 0. The van der Waals surface area contributed by atoms with Crippen molar-refractivity contribution in [2.45, 2.75) is 39.5 Å². The zero-order valence-corrected chi connectivity index (χ0v) is 14.1. The van der Waals surface area contributed by atoms with Gasteiger partial charge in [-0.2, -0.15) is 0 Å². The average molecular weight is 341 g/mol. The maximum absolute atomic E-state index is 12.0. The molecule has 24 heavy (non-hydrogen) atoms. The highest BCUT2D eigenvalue weighted by Crippen LogP contribution is 2.26. The fourth-order valence-electron chi connectivity index (χ4n) is 1.80. The van der Waals surface area contributed by atoms with Gasteiger partial charge in [0.25, 0.3) is 6.20 Å². The van der Waals surface area contributed by atoms with Crippen LogP contribution in [0.3, 0.4) is 0 Å². The Morgan fingerprint density at radius 2 is 1.71 bits per heavy atom. The Hall–Kier alpha value is -2.51. The summed E-state index contributed by atoms with van der Waals surface area (Å²) in [6.45, 7) is 4.43. The summed E-state index contributed by atoms with van der Waals surface area (Å²) in [6, 6.07) is 1.34. The topological polar surface area (TPSA) is 109 Å². The predicted molar refractivity (Wildman–Crippen MR) is 84.6 cm³/mol. The van der Waals surface area contributed by atoms with E-state index in [-0.39, 0.29) is 5.69 Å². The van der Waals surface area contributed by atoms with Crippen LogP contribution in [0.5, 0.6) is 11.5 Å². The number of carboxylic acids is 1. The number of carbonyl (C=O) groups excluding carboxylic acids is 1. The van der Waals surface area contributed by atoms with Crippen LogP contribution in [0.2, 0.25) is 0 Å². The zero-order chi connectivity index (χ0) is 17.9. The number of nitrogens with one attached hydrogen (secondary N) is 1. The molecule has 0 aliphatic heterocycles. The molecule has 0 radical (unpaired) electrons. The monoisotopic (exact) mass is 341 g/mol. The summed E-state index contributed by atoms with van der Waals surface area (Å²) in [4.78, 5) is 22.5. The SMILES string of the molecule is CCCCOc1cc(C(=O)NCC(=O)O)[n+](O)cc1OCCCC. The van der Waals surface area contributed by atoms with E-state index >= 15 is 0 Å². The van der Waals surface area contributed by atoms with Gasteiger partial charge in [0, 0.05) is 4.73 Å². The number of hydrogen-bond donors (Lipinski definition) is 3. The minimum absolute atomic E-state index is 0.134. The van der Waals surface area contributed by atoms with Crippen molar-refractivity contribution < 1.29 is 34.1 Å². The van der Waals surface area contributed by atoms with Crippen LogP contribution in [-0.2, 0) is 4.79 Å². The fourth-order valence-corrected chi connectivity index (χ4v) is 1.80. The van der Waals surface area contributed by atoms with Crippen LogP contribution in [0, 0.1) is 0 Å². The Bertz CT molecular complexity index is 562. The maximum Gasteiger partial charge on any atom is 0.325 e. The third-order valence-corrected chi connectivity index (χ3v) is 3.14. The molecule has 0 bridgehead atoms. The number of rotatable bonds is 11. The van der Waals surface area contributed by atoms with Crippen LogP contribution in [0.25, 0.3) is 0 Å². The van der Waals surface area contributed by atoms with Gasteiger partial charge >= 0.3 is 17.6 Å². The molecule has 134 valence electrons. The molecule has 3 N–H and O–H groups in total. The number of unbranched alkanes of at least 4 members (excludes halogenated alkanes) is 2. The van der Waals surface area contributed by atoms with Gasteiger partial charge in [-0.05, 0) is 12.8 Å². The molecule has 1 rings (SSSR count). The van der Waals surface area contributed by atoms with Crippen molar-refractivity contribution >= 4 is 11.9 Å². The minimum Gasteiger partial charge on any atom is -0.489 e. The van der Waals surface area contributed by atoms with Gasteiger partial charge in [0.2, 0.25) is 5.75 Å². The maximum atomic E-state index is 12.0. The molecular weight excluding hydrogens is 316 g/mol. The average Bonchev–Trinajstić information content (AvgIpc) is 2.54. The molecule has 1 amide bonds. The molecule has 1 heterocycles. The molecule has 0 aromatic carbocycles. The second kappa shape index (κ2) is 10.3. The summed E-state index contributed by atoms with van der Waals surface area (Å²) in [7, 11) is 0. The second-order valence-corrected chi connectivity index (χ2v) is 5.21. The number of aromatic nitrogens is 1. The molecule has 0 unspecified atom stereocenters.